The number of hydrogen-bond acceptors (Lipinski definition) is 6. The molecule has 9 heteroatoms. The van der Waals surface area contributed by atoms with Crippen molar-refractivity contribution in [1.82, 2.24) is 24.8 Å². The van der Waals surface area contributed by atoms with Gasteiger partial charge in [0.05, 0.1) is 11.7 Å². The molecule has 3 atom stereocenters. The Balaban J connectivity index is 1.17. The molecule has 4 heterocycles. The highest BCUT2D eigenvalue weighted by atomic mass is 32.1. The van der Waals surface area contributed by atoms with E-state index in [9.17, 15) is 14.0 Å². The number of likely N-dealkylation sites (tertiary alicyclic amines) is 1. The van der Waals surface area contributed by atoms with Crippen LogP contribution in [0, 0.1) is 12.3 Å². The van der Waals surface area contributed by atoms with Gasteiger partial charge in [-0.3, -0.25) is 14.6 Å². The fourth-order valence-corrected chi connectivity index (χ4v) is 6.95. The highest BCUT2D eigenvalue weighted by Gasteiger charge is 2.46. The number of halogens is 1. The lowest BCUT2D eigenvalue weighted by molar-refractivity contribution is -0.138. The lowest BCUT2D eigenvalue weighted by Crippen LogP contribution is -2.57. The molecule has 214 valence electrons. The fraction of sp³-hybridized carbons (Fsp3) is 0.406. The second kappa shape index (κ2) is 11.4. The number of thiol groups is 1. The molecule has 0 saturated carbocycles. The Morgan fingerprint density at radius 2 is 1.90 bits per heavy atom. The predicted molar refractivity (Wildman–Crippen MR) is 160 cm³/mol. The van der Waals surface area contributed by atoms with Gasteiger partial charge in [0.25, 0.3) is 0 Å². The van der Waals surface area contributed by atoms with Crippen molar-refractivity contribution in [3.63, 3.8) is 0 Å². The number of carbonyl (C=O) groups excluding carboxylic acids is 2. The summed E-state index contributed by atoms with van der Waals surface area (Å²) in [5.41, 5.74) is 6.20. The Bertz CT molecular complexity index is 1410. The van der Waals surface area contributed by atoms with Gasteiger partial charge >= 0.3 is 0 Å². The van der Waals surface area contributed by atoms with Crippen molar-refractivity contribution < 1.29 is 14.0 Å². The van der Waals surface area contributed by atoms with Crippen molar-refractivity contribution >= 4 is 24.6 Å². The second-order valence-electron chi connectivity index (χ2n) is 11.7. The number of carbonyl (C=O) groups is 2. The number of nitrogens with one attached hydrogen (secondary N) is 2. The van der Waals surface area contributed by atoms with Crippen LogP contribution in [0.1, 0.15) is 35.1 Å². The number of fused-ring (bicyclic) bond motifs is 2. The van der Waals surface area contributed by atoms with Crippen LogP contribution in [0.25, 0.3) is 0 Å². The molecule has 1 aromatic carbocycles. The molecule has 0 radical (unpaired) electrons. The molecule has 6 rings (SSSR count). The van der Waals surface area contributed by atoms with E-state index in [1.165, 1.54) is 0 Å². The maximum Gasteiger partial charge on any atom is 0.245 e. The monoisotopic (exact) mass is 573 g/mol. The van der Waals surface area contributed by atoms with E-state index in [0.717, 1.165) is 52.9 Å². The van der Waals surface area contributed by atoms with E-state index in [-0.39, 0.29) is 17.2 Å². The van der Waals surface area contributed by atoms with Gasteiger partial charge in [-0.15, -0.1) is 0 Å². The second-order valence-corrected chi connectivity index (χ2v) is 12.1. The molecular weight excluding hydrogens is 537 g/mol. The highest BCUT2D eigenvalue weighted by Crippen LogP contribution is 2.49. The number of pyridine rings is 1. The van der Waals surface area contributed by atoms with Crippen molar-refractivity contribution in [2.45, 2.75) is 57.4 Å². The summed E-state index contributed by atoms with van der Waals surface area (Å²) < 4.78 is 16.0. The van der Waals surface area contributed by atoms with E-state index in [1.807, 2.05) is 64.8 Å². The molecule has 1 saturated heterocycles. The van der Waals surface area contributed by atoms with Crippen LogP contribution in [0.15, 0.2) is 78.3 Å². The molecule has 1 fully saturated rings. The number of aryl methyl sites for hydroxylation is 1. The highest BCUT2D eigenvalue weighted by molar-refractivity contribution is 7.77. The van der Waals surface area contributed by atoms with Crippen molar-refractivity contribution in [1.29, 1.82) is 0 Å². The average molecular weight is 574 g/mol. The normalized spacial score (nSPS) is 23.7. The number of piperidine rings is 1. The predicted octanol–water partition coefficient (Wildman–Crippen LogP) is 3.62. The summed E-state index contributed by atoms with van der Waals surface area (Å²) in [4.78, 5) is 33.6. The van der Waals surface area contributed by atoms with Gasteiger partial charge in [0.1, 0.15) is 12.2 Å². The number of aromatic nitrogens is 1. The molecule has 3 aliphatic heterocycles. The number of alkyl halides is 1. The zero-order valence-electron chi connectivity index (χ0n) is 23.2. The Morgan fingerprint density at radius 1 is 1.15 bits per heavy atom. The van der Waals surface area contributed by atoms with E-state index < -0.39 is 18.3 Å². The molecule has 2 N–H and O–H groups in total. The van der Waals surface area contributed by atoms with E-state index in [1.54, 1.807) is 18.3 Å². The van der Waals surface area contributed by atoms with Crippen LogP contribution in [0.2, 0.25) is 0 Å². The van der Waals surface area contributed by atoms with Gasteiger partial charge in [-0.25, -0.2) is 4.39 Å². The first kappa shape index (κ1) is 27.7. The molecule has 1 aromatic heterocycles. The minimum atomic E-state index is -1.11. The van der Waals surface area contributed by atoms with Gasteiger partial charge in [-0.05, 0) is 72.7 Å². The summed E-state index contributed by atoms with van der Waals surface area (Å²) in [6.07, 6.45) is 11.8. The van der Waals surface area contributed by atoms with Crippen LogP contribution in [0.3, 0.4) is 0 Å². The third-order valence-corrected chi connectivity index (χ3v) is 9.31. The summed E-state index contributed by atoms with van der Waals surface area (Å²) >= 11 is 4.67. The first-order chi connectivity index (χ1) is 19.8. The molecule has 4 aliphatic rings. The summed E-state index contributed by atoms with van der Waals surface area (Å²) in [7, 11) is 0. The van der Waals surface area contributed by atoms with Crippen LogP contribution in [0.4, 0.5) is 4.39 Å². The van der Waals surface area contributed by atoms with Crippen LogP contribution >= 0.6 is 12.8 Å². The largest absolute Gasteiger partial charge is 0.343 e. The minimum Gasteiger partial charge on any atom is -0.343 e. The number of nitrogens with zero attached hydrogens (tertiary/aromatic N) is 3. The summed E-state index contributed by atoms with van der Waals surface area (Å²) in [5.74, 6) is -0.233. The molecule has 1 unspecified atom stereocenters. The maximum absolute atomic E-state index is 14.1. The van der Waals surface area contributed by atoms with E-state index in [4.69, 9.17) is 0 Å². The van der Waals surface area contributed by atoms with Gasteiger partial charge in [0, 0.05) is 50.4 Å². The Morgan fingerprint density at radius 3 is 2.68 bits per heavy atom. The zero-order chi connectivity index (χ0) is 28.6. The van der Waals surface area contributed by atoms with Gasteiger partial charge < -0.3 is 19.8 Å². The smallest absolute Gasteiger partial charge is 0.245 e. The molecule has 41 heavy (non-hydrogen) atoms. The Hall–Kier alpha value is -3.43. The number of allylic oxidation sites excluding steroid dienone is 4. The van der Waals surface area contributed by atoms with Crippen LogP contribution in [-0.2, 0) is 29.0 Å². The molecule has 2 aromatic rings. The summed E-state index contributed by atoms with van der Waals surface area (Å²) in [5, 5.41) is 6.41. The van der Waals surface area contributed by atoms with Crippen LogP contribution < -0.4 is 10.6 Å². The average Bonchev–Trinajstić information content (AvgIpc) is 3.09. The molecule has 1 aliphatic carbocycles. The standard InChI is InChI=1S/C32H36FN5O2S/c1-21-2-4-22(5-3-21)16-28(36-30(39)27-17-23-10-13-34-18-24(23)19-35-27)31(40)37-14-11-32(12-15-37)20-38(41)29-9-7-25(33)6-8-26(29)32/h2-10,13,18,25,27-28,35,41H,11-12,14-17,19-20H2,1H3,(H,36,39)/t25?,27-,28+/m0/s1. The quantitative estimate of drug-likeness (QED) is 0.477. The van der Waals surface area contributed by atoms with Crippen LogP contribution in [-0.4, -0.2) is 63.9 Å². The van der Waals surface area contributed by atoms with Gasteiger partial charge in [-0.1, -0.05) is 48.7 Å². The first-order valence-electron chi connectivity index (χ1n) is 14.3. The summed E-state index contributed by atoms with van der Waals surface area (Å²) in [6.45, 7) is 4.45. The third kappa shape index (κ3) is 5.70. The van der Waals surface area contributed by atoms with Crippen molar-refractivity contribution in [2.75, 3.05) is 19.6 Å². The number of amides is 2. The minimum absolute atomic E-state index is 0.0655. The number of benzene rings is 1. The van der Waals surface area contributed by atoms with Crippen molar-refractivity contribution in [2.24, 2.45) is 5.41 Å². The van der Waals surface area contributed by atoms with Crippen molar-refractivity contribution in [3.8, 4) is 0 Å². The number of hydrogen-bond donors (Lipinski definition) is 3. The topological polar surface area (TPSA) is 77.6 Å². The SMILES string of the molecule is Cc1ccc(C[C@@H](NC(=O)[C@@H]2Cc3ccncc3CN2)C(=O)N2CCC3(CC2)CN(S)C2=C3C=CC(F)C=C2)cc1. The maximum atomic E-state index is 14.1. The summed E-state index contributed by atoms with van der Waals surface area (Å²) in [6, 6.07) is 8.97. The van der Waals surface area contributed by atoms with Gasteiger partial charge in [-0.2, -0.15) is 0 Å². The van der Waals surface area contributed by atoms with Gasteiger partial charge in [0.2, 0.25) is 11.8 Å². The Labute approximate surface area is 246 Å². The van der Waals surface area contributed by atoms with E-state index in [2.05, 4.69) is 28.4 Å². The molecule has 1 spiro atoms. The number of rotatable bonds is 5. The Kier molecular flexibility index (Phi) is 7.74. The molecular formula is C32H36FN5O2S. The third-order valence-electron chi connectivity index (χ3n) is 8.95. The van der Waals surface area contributed by atoms with Crippen LogP contribution in [0.5, 0.6) is 0 Å². The first-order valence-corrected chi connectivity index (χ1v) is 14.7. The van der Waals surface area contributed by atoms with E-state index >= 15 is 0 Å². The lowest BCUT2D eigenvalue weighted by Gasteiger charge is -2.41. The molecule has 0 bridgehead atoms. The lowest BCUT2D eigenvalue weighted by atomic mass is 9.73. The van der Waals surface area contributed by atoms with Crippen molar-refractivity contribution in [3.05, 3.63) is 101 Å². The zero-order valence-corrected chi connectivity index (χ0v) is 24.1. The molecule has 2 amide bonds. The fourth-order valence-electron chi connectivity index (χ4n) is 6.50. The van der Waals surface area contributed by atoms with Gasteiger partial charge in [0.15, 0.2) is 0 Å². The molecule has 7 nitrogen and oxygen atoms in total. The van der Waals surface area contributed by atoms with E-state index in [0.29, 0.717) is 32.5 Å².